The topological polar surface area (TPSA) is 61.6 Å². The third-order valence-electron chi connectivity index (χ3n) is 2.75. The molecule has 0 aliphatic rings. The van der Waals surface area contributed by atoms with Gasteiger partial charge in [0.05, 0.1) is 18.6 Å². The fraction of sp³-hybridized carbons (Fsp3) is 0.538. The Labute approximate surface area is 121 Å². The van der Waals surface area contributed by atoms with Crippen LogP contribution in [0.25, 0.3) is 0 Å². The first-order valence-corrected chi connectivity index (χ1v) is 7.25. The normalized spacial score (nSPS) is 11.9. The predicted octanol–water partition coefficient (Wildman–Crippen LogP) is 3.79. The van der Waals surface area contributed by atoms with Crippen molar-refractivity contribution >= 4 is 21.6 Å². The van der Waals surface area contributed by atoms with Gasteiger partial charge in [0.2, 0.25) is 5.75 Å². The maximum absolute atomic E-state index is 10.9. The van der Waals surface area contributed by atoms with Crippen LogP contribution in [0.3, 0.4) is 0 Å². The van der Waals surface area contributed by atoms with Gasteiger partial charge in [-0.15, -0.1) is 0 Å². The Kier molecular flexibility index (Phi) is 6.62. The van der Waals surface area contributed by atoms with E-state index in [1.807, 2.05) is 0 Å². The van der Waals surface area contributed by atoms with E-state index in [1.54, 1.807) is 12.1 Å². The van der Waals surface area contributed by atoms with Gasteiger partial charge >= 0.3 is 5.69 Å². The maximum atomic E-state index is 10.9. The predicted molar refractivity (Wildman–Crippen MR) is 77.3 cm³/mol. The third kappa shape index (κ3) is 4.70. The van der Waals surface area contributed by atoms with Crippen molar-refractivity contribution in [1.82, 2.24) is 0 Å². The van der Waals surface area contributed by atoms with Crippen LogP contribution in [0.2, 0.25) is 0 Å². The van der Waals surface area contributed by atoms with Gasteiger partial charge in [-0.25, -0.2) is 0 Å². The molecule has 0 heterocycles. The van der Waals surface area contributed by atoms with E-state index in [9.17, 15) is 10.1 Å². The Balaban J connectivity index is 2.82. The zero-order valence-corrected chi connectivity index (χ0v) is 12.7. The van der Waals surface area contributed by atoms with E-state index >= 15 is 0 Å². The summed E-state index contributed by atoms with van der Waals surface area (Å²) >= 11 is 3.43. The molecule has 1 unspecified atom stereocenters. The summed E-state index contributed by atoms with van der Waals surface area (Å²) in [5, 5.41) is 11.8. The molecule has 1 atom stereocenters. The molecule has 1 aromatic rings. The zero-order valence-electron chi connectivity index (χ0n) is 11.1. The van der Waals surface area contributed by atoms with E-state index < -0.39 is 4.92 Å². The molecule has 0 fully saturated rings. The largest absolute Gasteiger partial charge is 0.497 e. The van der Waals surface area contributed by atoms with Gasteiger partial charge < -0.3 is 9.47 Å². The van der Waals surface area contributed by atoms with Crippen molar-refractivity contribution in [2.75, 3.05) is 19.0 Å². The van der Waals surface area contributed by atoms with Gasteiger partial charge in [-0.3, -0.25) is 10.1 Å². The van der Waals surface area contributed by atoms with Crippen molar-refractivity contribution in [3.8, 4) is 11.5 Å². The minimum absolute atomic E-state index is 0.0365. The molecule has 106 valence electrons. The number of methoxy groups -OCH3 is 1. The monoisotopic (exact) mass is 331 g/mol. The van der Waals surface area contributed by atoms with Crippen LogP contribution >= 0.6 is 15.9 Å². The number of hydrogen-bond donors (Lipinski definition) is 0. The highest BCUT2D eigenvalue weighted by Crippen LogP contribution is 2.31. The average Bonchev–Trinajstić information content (AvgIpc) is 2.42. The number of nitro groups is 1. The van der Waals surface area contributed by atoms with Gasteiger partial charge in [-0.05, 0) is 12.5 Å². The molecule has 19 heavy (non-hydrogen) atoms. The number of alkyl halides is 1. The standard InChI is InChI=1S/C13H18BrNO4/c1-3-4-10(8-14)9-19-13-7-11(18-2)5-6-12(13)15(16)17/h5-7,10H,3-4,8-9H2,1-2H3. The summed E-state index contributed by atoms with van der Waals surface area (Å²) in [6.07, 6.45) is 2.07. The smallest absolute Gasteiger partial charge is 0.311 e. The Morgan fingerprint density at radius 2 is 2.21 bits per heavy atom. The van der Waals surface area contributed by atoms with Crippen LogP contribution in [0.1, 0.15) is 19.8 Å². The van der Waals surface area contributed by atoms with Crippen molar-refractivity contribution in [1.29, 1.82) is 0 Å². The first-order valence-electron chi connectivity index (χ1n) is 6.13. The molecule has 5 nitrogen and oxygen atoms in total. The molecule has 0 saturated carbocycles. The molecule has 6 heteroatoms. The van der Waals surface area contributed by atoms with Gasteiger partial charge in [0.15, 0.2) is 0 Å². The highest BCUT2D eigenvalue weighted by molar-refractivity contribution is 9.09. The van der Waals surface area contributed by atoms with Crippen molar-refractivity contribution in [2.45, 2.75) is 19.8 Å². The maximum Gasteiger partial charge on any atom is 0.311 e. The summed E-state index contributed by atoms with van der Waals surface area (Å²) in [6, 6.07) is 4.51. The highest BCUT2D eigenvalue weighted by atomic mass is 79.9. The lowest BCUT2D eigenvalue weighted by atomic mass is 10.1. The van der Waals surface area contributed by atoms with Crippen molar-refractivity contribution in [2.24, 2.45) is 5.92 Å². The summed E-state index contributed by atoms with van der Waals surface area (Å²) in [7, 11) is 1.52. The molecule has 0 spiro atoms. The molecule has 0 bridgehead atoms. The van der Waals surface area contributed by atoms with Crippen molar-refractivity contribution < 1.29 is 14.4 Å². The van der Waals surface area contributed by atoms with E-state index in [4.69, 9.17) is 9.47 Å². The second-order valence-corrected chi connectivity index (χ2v) is 4.86. The Morgan fingerprint density at radius 1 is 1.47 bits per heavy atom. The zero-order chi connectivity index (χ0) is 14.3. The first kappa shape index (κ1) is 15.8. The average molecular weight is 332 g/mol. The number of ether oxygens (including phenoxy) is 2. The highest BCUT2D eigenvalue weighted by Gasteiger charge is 2.17. The Bertz CT molecular complexity index is 425. The number of hydrogen-bond acceptors (Lipinski definition) is 4. The van der Waals surface area contributed by atoms with Crippen LogP contribution in [0.15, 0.2) is 18.2 Å². The number of benzene rings is 1. The van der Waals surface area contributed by atoms with E-state index in [-0.39, 0.29) is 11.4 Å². The number of halogens is 1. The molecule has 0 amide bonds. The fourth-order valence-electron chi connectivity index (χ4n) is 1.71. The second-order valence-electron chi connectivity index (χ2n) is 4.21. The van der Waals surface area contributed by atoms with Gasteiger partial charge in [-0.2, -0.15) is 0 Å². The van der Waals surface area contributed by atoms with Crippen LogP contribution in [0, 0.1) is 16.0 Å². The fourth-order valence-corrected chi connectivity index (χ4v) is 2.22. The minimum atomic E-state index is -0.447. The number of nitro benzene ring substituents is 1. The minimum Gasteiger partial charge on any atom is -0.497 e. The summed E-state index contributed by atoms with van der Waals surface area (Å²) < 4.78 is 10.7. The molecule has 0 radical (unpaired) electrons. The first-order chi connectivity index (χ1) is 9.12. The second kappa shape index (κ2) is 7.99. The van der Waals surface area contributed by atoms with Crippen LogP contribution in [-0.4, -0.2) is 24.0 Å². The van der Waals surface area contributed by atoms with E-state index in [0.29, 0.717) is 18.3 Å². The molecule has 0 N–H and O–H groups in total. The van der Waals surface area contributed by atoms with Crippen LogP contribution in [0.4, 0.5) is 5.69 Å². The lowest BCUT2D eigenvalue weighted by Gasteiger charge is -2.14. The lowest BCUT2D eigenvalue weighted by Crippen LogP contribution is -2.14. The quantitative estimate of drug-likeness (QED) is 0.413. The summed E-state index contributed by atoms with van der Waals surface area (Å²) in [5.41, 5.74) is -0.0365. The molecule has 1 rings (SSSR count). The molecule has 0 saturated heterocycles. The van der Waals surface area contributed by atoms with Crippen LogP contribution < -0.4 is 9.47 Å². The molecule has 0 aliphatic heterocycles. The summed E-state index contributed by atoms with van der Waals surface area (Å²) in [6.45, 7) is 2.55. The third-order valence-corrected chi connectivity index (χ3v) is 3.67. The molecular weight excluding hydrogens is 314 g/mol. The Morgan fingerprint density at radius 3 is 2.74 bits per heavy atom. The van der Waals surface area contributed by atoms with Crippen LogP contribution in [0.5, 0.6) is 11.5 Å². The van der Waals surface area contributed by atoms with Crippen LogP contribution in [-0.2, 0) is 0 Å². The van der Waals surface area contributed by atoms with E-state index in [0.717, 1.165) is 18.2 Å². The SMILES string of the molecule is CCCC(CBr)COc1cc(OC)ccc1[N+](=O)[O-]. The Hall–Kier alpha value is -1.30. The molecule has 0 aromatic heterocycles. The lowest BCUT2D eigenvalue weighted by molar-refractivity contribution is -0.385. The van der Waals surface area contributed by atoms with Gasteiger partial charge in [0, 0.05) is 23.4 Å². The van der Waals surface area contributed by atoms with Crippen molar-refractivity contribution in [3.05, 3.63) is 28.3 Å². The van der Waals surface area contributed by atoms with Gasteiger partial charge in [-0.1, -0.05) is 29.3 Å². The summed E-state index contributed by atoms with van der Waals surface area (Å²) in [4.78, 5) is 10.5. The van der Waals surface area contributed by atoms with Gasteiger partial charge in [0.1, 0.15) is 5.75 Å². The van der Waals surface area contributed by atoms with E-state index in [1.165, 1.54) is 13.2 Å². The summed E-state index contributed by atoms with van der Waals surface area (Å²) in [5.74, 6) is 1.15. The molecule has 0 aliphatic carbocycles. The number of rotatable bonds is 8. The van der Waals surface area contributed by atoms with E-state index in [2.05, 4.69) is 22.9 Å². The molecule has 1 aromatic carbocycles. The van der Waals surface area contributed by atoms with Crippen molar-refractivity contribution in [3.63, 3.8) is 0 Å². The molecular formula is C13H18BrNO4. The van der Waals surface area contributed by atoms with Gasteiger partial charge in [0.25, 0.3) is 0 Å². The number of nitrogens with zero attached hydrogens (tertiary/aromatic N) is 1.